The van der Waals surface area contributed by atoms with Crippen LogP contribution in [0.1, 0.15) is 22.3 Å². The van der Waals surface area contributed by atoms with E-state index in [0.717, 1.165) is 37.1 Å². The molecule has 10 heteroatoms. The largest absolute Gasteiger partial charge is 0.390 e. The number of para-hydroxylation sites is 4. The quantitative estimate of drug-likeness (QED) is 0.145. The first-order chi connectivity index (χ1) is 24.2. The highest BCUT2D eigenvalue weighted by molar-refractivity contribution is 7.89. The maximum Gasteiger partial charge on any atom is 0.240 e. The van der Waals surface area contributed by atoms with Crippen molar-refractivity contribution in [3.05, 3.63) is 149 Å². The molecule has 0 saturated carbocycles. The second-order valence-corrected chi connectivity index (χ2v) is 14.8. The third-order valence-corrected chi connectivity index (χ3v) is 10.8. The topological polar surface area (TPSA) is 119 Å². The Hall–Kier alpha value is -4.22. The standard InChI is InChI=1S/C23H23ClN2O3S.C17H20N2O/c24-19-11-13-21(14-12-19)30(28,29)25-15-20(27)16-26-22-7-3-1-5-17(22)9-10-18-6-2-4-8-23(18)26;18-11-15(20)12-19-16-7-3-1-5-13(16)9-10-14-6-2-4-8-17(14)19/h1-8,11-14,20,25,27H,9-10,15-16H2;1-8,15,20H,9-12,18H2. The van der Waals surface area contributed by atoms with Crippen molar-refractivity contribution < 1.29 is 18.6 Å². The molecule has 7 rings (SSSR count). The van der Waals surface area contributed by atoms with Gasteiger partial charge in [-0.1, -0.05) is 84.4 Å². The molecule has 5 aromatic carbocycles. The summed E-state index contributed by atoms with van der Waals surface area (Å²) in [4.78, 5) is 4.40. The fourth-order valence-electron chi connectivity index (χ4n) is 6.60. The van der Waals surface area contributed by atoms with Crippen molar-refractivity contribution in [3.8, 4) is 0 Å². The van der Waals surface area contributed by atoms with Gasteiger partial charge in [-0.15, -0.1) is 0 Å². The van der Waals surface area contributed by atoms with Crippen molar-refractivity contribution in [1.29, 1.82) is 0 Å². The highest BCUT2D eigenvalue weighted by atomic mass is 35.5. The maximum atomic E-state index is 12.5. The Kier molecular flexibility index (Phi) is 11.5. The molecule has 2 heterocycles. The number of nitrogens with zero attached hydrogens (tertiary/aromatic N) is 2. The van der Waals surface area contributed by atoms with Crippen LogP contribution in [0.15, 0.2) is 126 Å². The number of aliphatic hydroxyl groups is 2. The summed E-state index contributed by atoms with van der Waals surface area (Å²) in [6, 6.07) is 39.1. The Morgan fingerprint density at radius 2 is 0.960 bits per heavy atom. The highest BCUT2D eigenvalue weighted by Gasteiger charge is 2.24. The summed E-state index contributed by atoms with van der Waals surface area (Å²) >= 11 is 5.83. The Bertz CT molecular complexity index is 1910. The number of aliphatic hydroxyl groups excluding tert-OH is 2. The number of aryl methyl sites for hydroxylation is 4. The third-order valence-electron chi connectivity index (χ3n) is 9.15. The molecule has 2 aliphatic rings. The first-order valence-electron chi connectivity index (χ1n) is 16.9. The van der Waals surface area contributed by atoms with Gasteiger partial charge >= 0.3 is 0 Å². The fraction of sp³-hybridized carbons (Fsp3) is 0.250. The van der Waals surface area contributed by atoms with Gasteiger partial charge in [-0.25, -0.2) is 13.1 Å². The minimum Gasteiger partial charge on any atom is -0.390 e. The number of sulfonamides is 1. The van der Waals surface area contributed by atoms with Gasteiger partial charge in [0.1, 0.15) is 0 Å². The second kappa shape index (κ2) is 16.2. The molecule has 2 atom stereocenters. The predicted octanol–water partition coefficient (Wildman–Crippen LogP) is 6.16. The van der Waals surface area contributed by atoms with Crippen molar-refractivity contribution in [2.45, 2.75) is 42.8 Å². The van der Waals surface area contributed by atoms with Crippen LogP contribution in [0, 0.1) is 0 Å². The van der Waals surface area contributed by atoms with Crippen LogP contribution in [0.3, 0.4) is 0 Å². The molecule has 0 radical (unpaired) electrons. The molecule has 0 saturated heterocycles. The molecule has 5 N–H and O–H groups in total. The molecule has 0 bridgehead atoms. The van der Waals surface area contributed by atoms with Crippen molar-refractivity contribution in [2.75, 3.05) is 36.0 Å². The summed E-state index contributed by atoms with van der Waals surface area (Å²) in [5.41, 5.74) is 15.1. The van der Waals surface area contributed by atoms with Gasteiger partial charge in [-0.3, -0.25) is 0 Å². The van der Waals surface area contributed by atoms with E-state index in [0.29, 0.717) is 11.6 Å². The number of benzene rings is 5. The number of anilines is 4. The van der Waals surface area contributed by atoms with E-state index in [-0.39, 0.29) is 24.5 Å². The lowest BCUT2D eigenvalue weighted by atomic mass is 10.0. The van der Waals surface area contributed by atoms with Crippen LogP contribution in [0.25, 0.3) is 0 Å². The van der Waals surface area contributed by atoms with Crippen LogP contribution in [0.5, 0.6) is 0 Å². The number of nitrogens with two attached hydrogens (primary N) is 1. The lowest BCUT2D eigenvalue weighted by molar-refractivity contribution is 0.186. The number of rotatable bonds is 9. The molecule has 260 valence electrons. The average Bonchev–Trinajstić information content (AvgIpc) is 3.40. The molecule has 0 amide bonds. The number of nitrogens with one attached hydrogen (secondary N) is 1. The van der Waals surface area contributed by atoms with Crippen LogP contribution >= 0.6 is 11.6 Å². The lowest BCUT2D eigenvalue weighted by Crippen LogP contribution is -2.39. The van der Waals surface area contributed by atoms with Crippen molar-refractivity contribution >= 4 is 44.4 Å². The number of hydrogen-bond acceptors (Lipinski definition) is 7. The smallest absolute Gasteiger partial charge is 0.240 e. The molecule has 0 aromatic heterocycles. The molecule has 2 aliphatic heterocycles. The van der Waals surface area contributed by atoms with Gasteiger partial charge in [0.2, 0.25) is 10.0 Å². The molecule has 5 aromatic rings. The molecule has 2 unspecified atom stereocenters. The van der Waals surface area contributed by atoms with Crippen molar-refractivity contribution in [1.82, 2.24) is 4.72 Å². The van der Waals surface area contributed by atoms with Crippen LogP contribution < -0.4 is 20.3 Å². The minimum absolute atomic E-state index is 0.0915. The van der Waals surface area contributed by atoms with Crippen LogP contribution in [-0.4, -0.2) is 57.0 Å². The van der Waals surface area contributed by atoms with E-state index in [1.54, 1.807) is 0 Å². The van der Waals surface area contributed by atoms with E-state index >= 15 is 0 Å². The predicted molar refractivity (Wildman–Crippen MR) is 202 cm³/mol. The summed E-state index contributed by atoms with van der Waals surface area (Å²) < 4.78 is 27.5. The summed E-state index contributed by atoms with van der Waals surface area (Å²) in [6.45, 7) is 0.994. The normalized spacial score (nSPS) is 14.8. The van der Waals surface area contributed by atoms with Gasteiger partial charge in [-0.05, 0) is 96.5 Å². The monoisotopic (exact) mass is 710 g/mol. The van der Waals surface area contributed by atoms with E-state index in [1.807, 2.05) is 36.4 Å². The summed E-state index contributed by atoms with van der Waals surface area (Å²) in [5, 5.41) is 21.2. The van der Waals surface area contributed by atoms with Crippen LogP contribution in [0.4, 0.5) is 22.7 Å². The van der Waals surface area contributed by atoms with Gasteiger partial charge in [0.05, 0.1) is 30.2 Å². The lowest BCUT2D eigenvalue weighted by Gasteiger charge is -2.29. The van der Waals surface area contributed by atoms with E-state index < -0.39 is 22.2 Å². The number of fused-ring (bicyclic) bond motifs is 4. The van der Waals surface area contributed by atoms with Crippen molar-refractivity contribution in [2.24, 2.45) is 5.73 Å². The summed E-state index contributed by atoms with van der Waals surface area (Å²) in [5.74, 6) is 0. The van der Waals surface area contributed by atoms with E-state index in [9.17, 15) is 18.6 Å². The maximum absolute atomic E-state index is 12.5. The first kappa shape index (κ1) is 35.6. The van der Waals surface area contributed by atoms with E-state index in [1.165, 1.54) is 57.9 Å². The Labute approximate surface area is 299 Å². The zero-order chi connectivity index (χ0) is 35.1. The van der Waals surface area contributed by atoms with Gasteiger partial charge in [0.25, 0.3) is 0 Å². The molecule has 8 nitrogen and oxygen atoms in total. The third kappa shape index (κ3) is 8.38. The zero-order valence-electron chi connectivity index (χ0n) is 27.8. The molecular formula is C40H43ClN4O4S. The minimum atomic E-state index is -3.73. The molecule has 0 fully saturated rings. The SMILES string of the molecule is NCC(O)CN1c2ccccc2CCc2ccccc21.O=S(=O)(NCC(O)CN1c2ccccc2CCc2ccccc21)c1ccc(Cl)cc1. The number of halogens is 1. The van der Waals surface area contributed by atoms with Crippen LogP contribution in [0.2, 0.25) is 5.02 Å². The van der Waals surface area contributed by atoms with Crippen LogP contribution in [-0.2, 0) is 35.7 Å². The summed E-state index contributed by atoms with van der Waals surface area (Å²) in [7, 11) is -3.73. The molecule has 0 aliphatic carbocycles. The van der Waals surface area contributed by atoms with Gasteiger partial charge in [0, 0.05) is 40.9 Å². The van der Waals surface area contributed by atoms with Gasteiger partial charge in [0.15, 0.2) is 0 Å². The Morgan fingerprint density at radius 3 is 1.34 bits per heavy atom. The molecule has 50 heavy (non-hydrogen) atoms. The van der Waals surface area contributed by atoms with Gasteiger partial charge in [-0.2, -0.15) is 0 Å². The zero-order valence-corrected chi connectivity index (χ0v) is 29.4. The number of β-amino-alcohol motifs (C(OH)–C–C–N with tert-alkyl or cyclic N) is 2. The Balaban J connectivity index is 0.000000187. The average molecular weight is 711 g/mol. The second-order valence-electron chi connectivity index (χ2n) is 12.6. The fourth-order valence-corrected chi connectivity index (χ4v) is 7.80. The number of hydrogen-bond donors (Lipinski definition) is 4. The van der Waals surface area contributed by atoms with Crippen molar-refractivity contribution in [3.63, 3.8) is 0 Å². The molecule has 0 spiro atoms. The Morgan fingerprint density at radius 1 is 0.600 bits per heavy atom. The first-order valence-corrected chi connectivity index (χ1v) is 18.8. The highest BCUT2D eigenvalue weighted by Crippen LogP contribution is 2.37. The van der Waals surface area contributed by atoms with Gasteiger partial charge < -0.3 is 25.7 Å². The summed E-state index contributed by atoms with van der Waals surface area (Å²) in [6.07, 6.45) is 2.48. The van der Waals surface area contributed by atoms with E-state index in [2.05, 4.69) is 75.2 Å². The van der Waals surface area contributed by atoms with E-state index in [4.69, 9.17) is 17.3 Å². The molecular weight excluding hydrogens is 668 g/mol.